The van der Waals surface area contributed by atoms with E-state index in [2.05, 4.69) is 9.71 Å². The van der Waals surface area contributed by atoms with Crippen LogP contribution in [-0.4, -0.2) is 23.8 Å². The minimum atomic E-state index is -3.88. The van der Waals surface area contributed by atoms with Crippen molar-refractivity contribution in [3.63, 3.8) is 0 Å². The van der Waals surface area contributed by atoms with Crippen LogP contribution in [0.4, 0.5) is 0 Å². The fraction of sp³-hybridized carbons (Fsp3) is 0.625. The second-order valence-corrected chi connectivity index (χ2v) is 8.98. The average molecular weight is 370 g/mol. The van der Waals surface area contributed by atoms with Gasteiger partial charge in [-0.2, -0.15) is 0 Å². The Morgan fingerprint density at radius 2 is 1.79 bits per heavy atom. The number of nitrogens with one attached hydrogen (secondary N) is 1. The van der Waals surface area contributed by atoms with Crippen LogP contribution in [0, 0.1) is 13.8 Å². The lowest BCUT2D eigenvalue weighted by Crippen LogP contribution is -2.39. The highest BCUT2D eigenvalue weighted by molar-refractivity contribution is 7.89. The van der Waals surface area contributed by atoms with Gasteiger partial charge in [-0.3, -0.25) is 9.20 Å². The zero-order chi connectivity index (χ0) is 17.3. The summed E-state index contributed by atoms with van der Waals surface area (Å²) in [4.78, 5) is 17.4. The van der Waals surface area contributed by atoms with Gasteiger partial charge in [0.15, 0.2) is 9.86 Å². The first-order valence-corrected chi connectivity index (χ1v) is 10.8. The molecule has 0 aliphatic heterocycles. The van der Waals surface area contributed by atoms with Crippen LogP contribution in [-0.2, 0) is 10.0 Å². The van der Waals surface area contributed by atoms with Gasteiger partial charge in [0.1, 0.15) is 0 Å². The van der Waals surface area contributed by atoms with E-state index >= 15 is 0 Å². The first-order valence-electron chi connectivity index (χ1n) is 8.40. The third-order valence-corrected chi connectivity index (χ3v) is 7.16. The van der Waals surface area contributed by atoms with Crippen LogP contribution in [0.2, 0.25) is 0 Å². The molecule has 24 heavy (non-hydrogen) atoms. The Morgan fingerprint density at radius 3 is 2.46 bits per heavy atom. The molecule has 1 N–H and O–H groups in total. The number of hydrogen-bond donors (Lipinski definition) is 1. The van der Waals surface area contributed by atoms with E-state index in [0.717, 1.165) is 38.5 Å². The first-order chi connectivity index (χ1) is 11.4. The predicted molar refractivity (Wildman–Crippen MR) is 95.2 cm³/mol. The Bertz CT molecular complexity index is 891. The molecule has 0 spiro atoms. The summed E-state index contributed by atoms with van der Waals surface area (Å²) in [5.41, 5.74) is 0.463. The van der Waals surface area contributed by atoms with E-state index in [4.69, 9.17) is 0 Å². The number of fused-ring (bicyclic) bond motifs is 1. The van der Waals surface area contributed by atoms with E-state index in [1.165, 1.54) is 22.2 Å². The number of rotatable bonds is 3. The molecule has 2 heterocycles. The van der Waals surface area contributed by atoms with Crippen molar-refractivity contribution in [1.29, 1.82) is 0 Å². The maximum Gasteiger partial charge on any atom is 0.279 e. The Balaban J connectivity index is 1.98. The summed E-state index contributed by atoms with van der Waals surface area (Å²) in [6.07, 6.45) is 7.19. The molecule has 1 saturated carbocycles. The van der Waals surface area contributed by atoms with Gasteiger partial charge in [0, 0.05) is 17.1 Å². The molecule has 8 heteroatoms. The highest BCUT2D eigenvalue weighted by Gasteiger charge is 2.27. The van der Waals surface area contributed by atoms with Crippen molar-refractivity contribution in [1.82, 2.24) is 14.1 Å². The molecule has 3 rings (SSSR count). The van der Waals surface area contributed by atoms with Gasteiger partial charge in [0.05, 0.1) is 5.69 Å². The molecule has 2 aromatic rings. The summed E-state index contributed by atoms with van der Waals surface area (Å²) in [5.74, 6) is 0. The van der Waals surface area contributed by atoms with Gasteiger partial charge in [-0.15, -0.1) is 11.3 Å². The molecular weight excluding hydrogens is 346 g/mol. The Kier molecular flexibility index (Phi) is 5.08. The molecule has 0 radical (unpaired) electrons. The van der Waals surface area contributed by atoms with Crippen molar-refractivity contribution in [2.45, 2.75) is 69.7 Å². The first kappa shape index (κ1) is 17.6. The predicted octanol–water partition coefficient (Wildman–Crippen LogP) is 2.76. The largest absolute Gasteiger partial charge is 0.279 e. The molecule has 0 amide bonds. The van der Waals surface area contributed by atoms with Crippen LogP contribution in [0.25, 0.3) is 4.96 Å². The van der Waals surface area contributed by atoms with Crippen molar-refractivity contribution < 1.29 is 8.42 Å². The summed E-state index contributed by atoms with van der Waals surface area (Å²) in [7, 11) is -3.88. The lowest BCUT2D eigenvalue weighted by Gasteiger charge is -2.21. The summed E-state index contributed by atoms with van der Waals surface area (Å²) in [6.45, 7) is 3.36. The van der Waals surface area contributed by atoms with Crippen LogP contribution in [0.15, 0.2) is 15.1 Å². The van der Waals surface area contributed by atoms with Gasteiger partial charge in [0.25, 0.3) is 5.56 Å². The van der Waals surface area contributed by atoms with E-state index in [-0.39, 0.29) is 16.6 Å². The number of hydrogen-bond acceptors (Lipinski definition) is 5. The van der Waals surface area contributed by atoms with E-state index < -0.39 is 15.6 Å². The Morgan fingerprint density at radius 1 is 1.17 bits per heavy atom. The quantitative estimate of drug-likeness (QED) is 0.902. The Labute approximate surface area is 146 Å². The SMILES string of the molecule is Cc1nc2scc(C)n2c(=O)c1S(=O)(=O)NC1CCCCCCC1. The minimum Gasteiger partial charge on any atom is -0.267 e. The number of thiazole rings is 1. The van der Waals surface area contributed by atoms with Crippen LogP contribution in [0.5, 0.6) is 0 Å². The molecule has 0 saturated heterocycles. The van der Waals surface area contributed by atoms with E-state index in [1.807, 2.05) is 5.38 Å². The minimum absolute atomic E-state index is 0.0987. The third-order valence-electron chi connectivity index (χ3n) is 4.56. The Hall–Kier alpha value is -1.25. The van der Waals surface area contributed by atoms with Gasteiger partial charge in [0.2, 0.25) is 10.0 Å². The molecule has 132 valence electrons. The smallest absolute Gasteiger partial charge is 0.267 e. The highest BCUT2D eigenvalue weighted by atomic mass is 32.2. The van der Waals surface area contributed by atoms with Crippen molar-refractivity contribution in [3.8, 4) is 0 Å². The zero-order valence-electron chi connectivity index (χ0n) is 14.0. The summed E-state index contributed by atoms with van der Waals surface area (Å²) in [6, 6.07) is -0.0987. The standard InChI is InChI=1S/C16H23N3O3S2/c1-11-10-23-16-17-12(2)14(15(20)19(11)16)24(21,22)18-13-8-6-4-3-5-7-9-13/h10,13,18H,3-9H2,1-2H3. The monoisotopic (exact) mass is 369 g/mol. The van der Waals surface area contributed by atoms with Crippen LogP contribution in [0.1, 0.15) is 56.3 Å². The second kappa shape index (κ2) is 6.93. The molecule has 0 bridgehead atoms. The molecule has 0 aromatic carbocycles. The topological polar surface area (TPSA) is 80.5 Å². The number of sulfonamides is 1. The maximum atomic E-state index is 12.9. The fourth-order valence-corrected chi connectivity index (χ4v) is 5.78. The number of aryl methyl sites for hydroxylation is 2. The number of nitrogens with zero attached hydrogens (tertiary/aromatic N) is 2. The molecule has 1 aliphatic carbocycles. The zero-order valence-corrected chi connectivity index (χ0v) is 15.7. The van der Waals surface area contributed by atoms with Crippen molar-refractivity contribution in [2.24, 2.45) is 0 Å². The molecule has 0 unspecified atom stereocenters. The molecule has 1 aliphatic rings. The second-order valence-electron chi connectivity index (χ2n) is 6.49. The van der Waals surface area contributed by atoms with Crippen LogP contribution < -0.4 is 10.3 Å². The summed E-state index contributed by atoms with van der Waals surface area (Å²) >= 11 is 1.34. The van der Waals surface area contributed by atoms with Crippen LogP contribution in [0.3, 0.4) is 0 Å². The van der Waals surface area contributed by atoms with Gasteiger partial charge >= 0.3 is 0 Å². The van der Waals surface area contributed by atoms with Crippen molar-refractivity contribution in [3.05, 3.63) is 27.1 Å². The summed E-state index contributed by atoms with van der Waals surface area (Å²) in [5, 5.41) is 1.81. The van der Waals surface area contributed by atoms with Crippen LogP contribution >= 0.6 is 11.3 Å². The van der Waals surface area contributed by atoms with E-state index in [9.17, 15) is 13.2 Å². The van der Waals surface area contributed by atoms with Gasteiger partial charge < -0.3 is 0 Å². The third kappa shape index (κ3) is 3.41. The fourth-order valence-electron chi connectivity index (χ4n) is 3.33. The molecule has 6 nitrogen and oxygen atoms in total. The van der Waals surface area contributed by atoms with Gasteiger partial charge in [-0.25, -0.2) is 18.1 Å². The number of aromatic nitrogens is 2. The molecular formula is C16H23N3O3S2. The normalized spacial score (nSPS) is 17.8. The molecule has 0 atom stereocenters. The maximum absolute atomic E-state index is 12.9. The average Bonchev–Trinajstić information content (AvgIpc) is 2.82. The molecule has 1 fully saturated rings. The highest BCUT2D eigenvalue weighted by Crippen LogP contribution is 2.20. The lowest BCUT2D eigenvalue weighted by molar-refractivity contribution is 0.426. The van der Waals surface area contributed by atoms with Gasteiger partial charge in [-0.1, -0.05) is 32.1 Å². The van der Waals surface area contributed by atoms with Crippen molar-refractivity contribution >= 4 is 26.3 Å². The molecule has 2 aromatic heterocycles. The lowest BCUT2D eigenvalue weighted by atomic mass is 9.97. The van der Waals surface area contributed by atoms with E-state index in [0.29, 0.717) is 10.7 Å². The van der Waals surface area contributed by atoms with E-state index in [1.54, 1.807) is 13.8 Å². The van der Waals surface area contributed by atoms with Crippen molar-refractivity contribution in [2.75, 3.05) is 0 Å². The summed E-state index contributed by atoms with van der Waals surface area (Å²) < 4.78 is 29.9. The van der Waals surface area contributed by atoms with Gasteiger partial charge in [-0.05, 0) is 26.7 Å².